The maximum atomic E-state index is 11.7. The van der Waals surface area contributed by atoms with Crippen LogP contribution in [0.25, 0.3) is 0 Å². The Bertz CT molecular complexity index is 472. The quantitative estimate of drug-likeness (QED) is 0.639. The molecule has 1 rings (SSSR count). The lowest BCUT2D eigenvalue weighted by atomic mass is 10.1. The zero-order valence-corrected chi connectivity index (χ0v) is 10.6. The molecule has 0 saturated carbocycles. The van der Waals surface area contributed by atoms with E-state index in [1.165, 1.54) is 0 Å². The Balaban J connectivity index is 2.90. The zero-order valence-electron chi connectivity index (χ0n) is 10.6. The minimum atomic E-state index is -0.444. The fourth-order valence-corrected chi connectivity index (χ4v) is 1.47. The van der Waals surface area contributed by atoms with E-state index in [4.69, 9.17) is 10.00 Å². The molecule has 1 N–H and O–H groups in total. The number of carbonyl (C=O) groups excluding carboxylic acids is 1. The standard InChI is InChI=1S/C14H16N2O2/c1-3-18-14(17)13(9-10-15)11(2)16-12-7-5-4-6-8-12/h4-8,16H,3,9H2,1-2H3/b13-11-. The molecular formula is C14H16N2O2. The molecule has 4 nitrogen and oxygen atoms in total. The zero-order chi connectivity index (χ0) is 13.4. The monoisotopic (exact) mass is 244 g/mol. The number of carbonyl (C=O) groups is 1. The van der Waals surface area contributed by atoms with Crippen molar-refractivity contribution in [1.29, 1.82) is 5.26 Å². The number of anilines is 1. The summed E-state index contributed by atoms with van der Waals surface area (Å²) in [7, 11) is 0. The van der Waals surface area contributed by atoms with E-state index >= 15 is 0 Å². The second-order valence-electron chi connectivity index (χ2n) is 3.65. The fourth-order valence-electron chi connectivity index (χ4n) is 1.47. The number of hydrogen-bond acceptors (Lipinski definition) is 4. The van der Waals surface area contributed by atoms with Crippen molar-refractivity contribution in [2.75, 3.05) is 11.9 Å². The van der Waals surface area contributed by atoms with Gasteiger partial charge in [0.15, 0.2) is 0 Å². The number of benzene rings is 1. The molecule has 0 radical (unpaired) electrons. The van der Waals surface area contributed by atoms with Gasteiger partial charge < -0.3 is 10.1 Å². The third kappa shape index (κ3) is 3.95. The van der Waals surface area contributed by atoms with Crippen LogP contribution >= 0.6 is 0 Å². The molecular weight excluding hydrogens is 228 g/mol. The number of rotatable bonds is 5. The predicted molar refractivity (Wildman–Crippen MR) is 69.6 cm³/mol. The van der Waals surface area contributed by atoms with Crippen LogP contribution in [0, 0.1) is 11.3 Å². The summed E-state index contributed by atoms with van der Waals surface area (Å²) < 4.78 is 4.93. The van der Waals surface area contributed by atoms with Crippen LogP contribution in [0.5, 0.6) is 0 Å². The molecule has 0 amide bonds. The first-order chi connectivity index (χ1) is 8.69. The molecule has 0 fully saturated rings. The molecule has 0 heterocycles. The lowest BCUT2D eigenvalue weighted by molar-refractivity contribution is -0.138. The third-order valence-electron chi connectivity index (χ3n) is 2.34. The first-order valence-electron chi connectivity index (χ1n) is 5.75. The summed E-state index contributed by atoms with van der Waals surface area (Å²) in [6.45, 7) is 3.80. The van der Waals surface area contributed by atoms with Gasteiger partial charge in [-0.2, -0.15) is 5.26 Å². The molecule has 0 saturated heterocycles. The van der Waals surface area contributed by atoms with Gasteiger partial charge in [-0.25, -0.2) is 4.79 Å². The van der Waals surface area contributed by atoms with Crippen molar-refractivity contribution in [1.82, 2.24) is 0 Å². The van der Waals surface area contributed by atoms with Crippen LogP contribution in [-0.4, -0.2) is 12.6 Å². The summed E-state index contributed by atoms with van der Waals surface area (Å²) >= 11 is 0. The maximum Gasteiger partial charge on any atom is 0.336 e. The van der Waals surface area contributed by atoms with Crippen LogP contribution in [0.1, 0.15) is 20.3 Å². The first-order valence-corrected chi connectivity index (χ1v) is 5.75. The van der Waals surface area contributed by atoms with Crippen LogP contribution in [0.3, 0.4) is 0 Å². The van der Waals surface area contributed by atoms with Gasteiger partial charge in [0.1, 0.15) is 0 Å². The highest BCUT2D eigenvalue weighted by atomic mass is 16.5. The highest BCUT2D eigenvalue weighted by Gasteiger charge is 2.14. The summed E-state index contributed by atoms with van der Waals surface area (Å²) in [6.07, 6.45) is 0.0322. The van der Waals surface area contributed by atoms with Crippen molar-refractivity contribution in [2.24, 2.45) is 0 Å². The average molecular weight is 244 g/mol. The van der Waals surface area contributed by atoms with Crippen molar-refractivity contribution >= 4 is 11.7 Å². The SMILES string of the molecule is CCOC(=O)/C(CC#N)=C(/C)Nc1ccccc1. The van der Waals surface area contributed by atoms with Gasteiger partial charge in [0.05, 0.1) is 24.7 Å². The average Bonchev–Trinajstić information content (AvgIpc) is 2.37. The van der Waals surface area contributed by atoms with Crippen LogP contribution in [0.4, 0.5) is 5.69 Å². The number of para-hydroxylation sites is 1. The van der Waals surface area contributed by atoms with E-state index < -0.39 is 5.97 Å². The number of esters is 1. The normalized spacial score (nSPS) is 11.2. The highest BCUT2D eigenvalue weighted by Crippen LogP contribution is 2.15. The minimum absolute atomic E-state index is 0.0322. The van der Waals surface area contributed by atoms with Crippen molar-refractivity contribution < 1.29 is 9.53 Å². The Labute approximate surface area is 107 Å². The van der Waals surface area contributed by atoms with Crippen molar-refractivity contribution in [3.05, 3.63) is 41.6 Å². The summed E-state index contributed by atoms with van der Waals surface area (Å²) in [4.78, 5) is 11.7. The molecule has 1 aromatic carbocycles. The lowest BCUT2D eigenvalue weighted by Crippen LogP contribution is -2.12. The molecule has 4 heteroatoms. The van der Waals surface area contributed by atoms with Crippen LogP contribution in [-0.2, 0) is 9.53 Å². The van der Waals surface area contributed by atoms with Crippen LogP contribution in [0.15, 0.2) is 41.6 Å². The summed E-state index contributed by atoms with van der Waals surface area (Å²) in [5.41, 5.74) is 1.87. The number of nitrogens with one attached hydrogen (secondary N) is 1. The van der Waals surface area contributed by atoms with Crippen LogP contribution in [0.2, 0.25) is 0 Å². The van der Waals surface area contributed by atoms with E-state index in [1.807, 2.05) is 36.4 Å². The largest absolute Gasteiger partial charge is 0.463 e. The number of ether oxygens (including phenoxy) is 1. The van der Waals surface area contributed by atoms with Gasteiger partial charge in [-0.3, -0.25) is 0 Å². The number of allylic oxidation sites excluding steroid dienone is 1. The highest BCUT2D eigenvalue weighted by molar-refractivity contribution is 5.90. The van der Waals surface area contributed by atoms with Gasteiger partial charge in [-0.05, 0) is 26.0 Å². The number of nitriles is 1. The Morgan fingerprint density at radius 2 is 2.06 bits per heavy atom. The van der Waals surface area contributed by atoms with Crippen molar-refractivity contribution in [3.8, 4) is 6.07 Å². The molecule has 0 aliphatic heterocycles. The Kier molecular flexibility index (Phi) is 5.46. The third-order valence-corrected chi connectivity index (χ3v) is 2.34. The summed E-state index contributed by atoms with van der Waals surface area (Å²) in [6, 6.07) is 11.4. The molecule has 0 aromatic heterocycles. The van der Waals surface area contributed by atoms with Gasteiger partial charge in [0.25, 0.3) is 0 Å². The maximum absolute atomic E-state index is 11.7. The number of hydrogen-bond donors (Lipinski definition) is 1. The Hall–Kier alpha value is -2.28. The predicted octanol–water partition coefficient (Wildman–Crippen LogP) is 2.85. The topological polar surface area (TPSA) is 62.1 Å². The van der Waals surface area contributed by atoms with Crippen LogP contribution < -0.4 is 5.32 Å². The van der Waals surface area contributed by atoms with Crippen molar-refractivity contribution in [2.45, 2.75) is 20.3 Å². The van der Waals surface area contributed by atoms with E-state index in [0.717, 1.165) is 5.69 Å². The molecule has 0 spiro atoms. The number of nitrogens with zero attached hydrogens (tertiary/aromatic N) is 1. The van der Waals surface area contributed by atoms with E-state index in [-0.39, 0.29) is 6.42 Å². The fraction of sp³-hybridized carbons (Fsp3) is 0.286. The Morgan fingerprint density at radius 3 is 2.61 bits per heavy atom. The van der Waals surface area contributed by atoms with E-state index in [9.17, 15) is 4.79 Å². The minimum Gasteiger partial charge on any atom is -0.463 e. The van der Waals surface area contributed by atoms with Crippen molar-refractivity contribution in [3.63, 3.8) is 0 Å². The second kappa shape index (κ2) is 7.13. The smallest absolute Gasteiger partial charge is 0.336 e. The van der Waals surface area contributed by atoms with Gasteiger partial charge in [0, 0.05) is 11.4 Å². The van der Waals surface area contributed by atoms with Gasteiger partial charge in [0.2, 0.25) is 0 Å². The summed E-state index contributed by atoms with van der Waals surface area (Å²) in [5.74, 6) is -0.444. The van der Waals surface area contributed by atoms with Gasteiger partial charge in [-0.1, -0.05) is 18.2 Å². The Morgan fingerprint density at radius 1 is 1.39 bits per heavy atom. The molecule has 0 aliphatic carbocycles. The lowest BCUT2D eigenvalue weighted by Gasteiger charge is -2.11. The molecule has 0 atom stereocenters. The molecule has 94 valence electrons. The summed E-state index contributed by atoms with van der Waals surface area (Å²) in [5, 5.41) is 11.8. The molecule has 0 aliphatic rings. The van der Waals surface area contributed by atoms with E-state index in [2.05, 4.69) is 5.32 Å². The molecule has 1 aromatic rings. The molecule has 18 heavy (non-hydrogen) atoms. The van der Waals surface area contributed by atoms with E-state index in [0.29, 0.717) is 17.9 Å². The molecule has 0 bridgehead atoms. The van der Waals surface area contributed by atoms with Gasteiger partial charge >= 0.3 is 5.97 Å². The van der Waals surface area contributed by atoms with Gasteiger partial charge in [-0.15, -0.1) is 0 Å². The second-order valence-corrected chi connectivity index (χ2v) is 3.65. The molecule has 0 unspecified atom stereocenters. The first kappa shape index (κ1) is 13.8. The van der Waals surface area contributed by atoms with E-state index in [1.54, 1.807) is 13.8 Å².